The maximum Gasteiger partial charge on any atom is 0.269 e. The molecule has 0 fully saturated rings. The molecule has 4 aromatic rings. The number of fused-ring (bicyclic) bond motifs is 3. The number of rotatable bonds is 9. The highest BCUT2D eigenvalue weighted by Crippen LogP contribution is 2.47. The predicted molar refractivity (Wildman–Crippen MR) is 191 cm³/mol. The minimum Gasteiger partial charge on any atom is -0.394 e. The van der Waals surface area contributed by atoms with Crippen LogP contribution in [0.15, 0.2) is 103 Å². The van der Waals surface area contributed by atoms with E-state index in [9.17, 15) is 34.7 Å². The summed E-state index contributed by atoms with van der Waals surface area (Å²) in [6.45, 7) is 1.87. The van der Waals surface area contributed by atoms with Crippen LogP contribution in [0.3, 0.4) is 0 Å². The zero-order valence-electron chi connectivity index (χ0n) is 28.1. The van der Waals surface area contributed by atoms with Crippen molar-refractivity contribution in [3.8, 4) is 0 Å². The molecule has 260 valence electrons. The van der Waals surface area contributed by atoms with Gasteiger partial charge < -0.3 is 20.0 Å². The summed E-state index contributed by atoms with van der Waals surface area (Å²) in [5.41, 5.74) is 3.37. The van der Waals surface area contributed by atoms with E-state index < -0.39 is 22.3 Å². The Morgan fingerprint density at radius 1 is 0.961 bits per heavy atom. The van der Waals surface area contributed by atoms with Crippen molar-refractivity contribution in [2.45, 2.75) is 57.3 Å². The van der Waals surface area contributed by atoms with Crippen LogP contribution < -0.4 is 9.80 Å². The Labute approximate surface area is 295 Å². The first-order chi connectivity index (χ1) is 24.6. The van der Waals surface area contributed by atoms with Gasteiger partial charge in [0.2, 0.25) is 11.8 Å². The fourth-order valence-electron chi connectivity index (χ4n) is 7.57. The first-order valence-electron chi connectivity index (χ1n) is 17.1. The highest BCUT2D eigenvalue weighted by molar-refractivity contribution is 6.07. The molecule has 0 radical (unpaired) electrons. The molecule has 11 heteroatoms. The quantitative estimate of drug-likeness (QED) is 0.135. The van der Waals surface area contributed by atoms with Gasteiger partial charge in [-0.3, -0.25) is 29.4 Å². The average Bonchev–Trinajstić information content (AvgIpc) is 3.36. The fraction of sp³-hybridized carbons (Fsp3) is 0.275. The molecule has 0 bridgehead atoms. The second kappa shape index (κ2) is 13.6. The van der Waals surface area contributed by atoms with Crippen LogP contribution in [-0.4, -0.2) is 50.4 Å². The van der Waals surface area contributed by atoms with Gasteiger partial charge in [0.1, 0.15) is 0 Å². The summed E-state index contributed by atoms with van der Waals surface area (Å²) in [5.74, 6) is -1.76. The molecule has 11 nitrogen and oxygen atoms in total. The highest BCUT2D eigenvalue weighted by Gasteiger charge is 2.53. The molecule has 3 aliphatic heterocycles. The lowest BCUT2D eigenvalue weighted by Gasteiger charge is -2.36. The maximum absolute atomic E-state index is 14.3. The van der Waals surface area contributed by atoms with Gasteiger partial charge in [0.15, 0.2) is 5.60 Å². The van der Waals surface area contributed by atoms with E-state index in [1.165, 1.54) is 23.1 Å². The third-order valence-corrected chi connectivity index (χ3v) is 10.3. The first kappa shape index (κ1) is 33.8. The Hall–Kier alpha value is -5.65. The lowest BCUT2D eigenvalue weighted by atomic mass is 9.82. The molecule has 0 saturated carbocycles. The van der Waals surface area contributed by atoms with Crippen LogP contribution >= 0.6 is 0 Å². The lowest BCUT2D eigenvalue weighted by Crippen LogP contribution is -2.46. The van der Waals surface area contributed by atoms with Gasteiger partial charge in [-0.05, 0) is 59.4 Å². The van der Waals surface area contributed by atoms with Gasteiger partial charge in [0.25, 0.3) is 11.6 Å². The number of nitro benzene ring substituents is 1. The van der Waals surface area contributed by atoms with Crippen LogP contribution in [0.1, 0.15) is 47.6 Å². The number of nitrogens with zero attached hydrogens (tertiary/aromatic N) is 4. The second-order valence-corrected chi connectivity index (χ2v) is 13.4. The summed E-state index contributed by atoms with van der Waals surface area (Å²) in [7, 11) is 0. The minimum atomic E-state index is -2.15. The van der Waals surface area contributed by atoms with E-state index in [-0.39, 0.29) is 48.7 Å². The van der Waals surface area contributed by atoms with Crippen LogP contribution in [-0.2, 0) is 45.9 Å². The smallest absolute Gasteiger partial charge is 0.269 e. The van der Waals surface area contributed by atoms with Crippen molar-refractivity contribution in [2.75, 3.05) is 16.4 Å². The van der Waals surface area contributed by atoms with Crippen molar-refractivity contribution in [2.24, 2.45) is 5.92 Å². The van der Waals surface area contributed by atoms with Gasteiger partial charge in [-0.2, -0.15) is 0 Å². The van der Waals surface area contributed by atoms with Gasteiger partial charge in [0, 0.05) is 48.7 Å². The van der Waals surface area contributed by atoms with Gasteiger partial charge >= 0.3 is 0 Å². The van der Waals surface area contributed by atoms with Crippen LogP contribution in [0.4, 0.5) is 22.7 Å². The van der Waals surface area contributed by atoms with Gasteiger partial charge in [-0.25, -0.2) is 0 Å². The largest absolute Gasteiger partial charge is 0.394 e. The fourth-order valence-corrected chi connectivity index (χ4v) is 7.57. The van der Waals surface area contributed by atoms with Crippen molar-refractivity contribution in [3.05, 3.63) is 141 Å². The number of carbonyl (C=O) groups is 3. The summed E-state index contributed by atoms with van der Waals surface area (Å²) < 4.78 is 0. The van der Waals surface area contributed by atoms with Crippen molar-refractivity contribution in [3.63, 3.8) is 0 Å². The number of hydrogen-bond donors (Lipinski definition) is 2. The van der Waals surface area contributed by atoms with Gasteiger partial charge in [0.05, 0.1) is 35.5 Å². The van der Waals surface area contributed by atoms with Crippen molar-refractivity contribution in [1.82, 2.24) is 4.90 Å². The number of aryl methyl sites for hydroxylation is 1. The molecule has 0 spiro atoms. The molecular weight excluding hydrogens is 648 g/mol. The van der Waals surface area contributed by atoms with Crippen molar-refractivity contribution in [1.29, 1.82) is 0 Å². The summed E-state index contributed by atoms with van der Waals surface area (Å²) in [4.78, 5) is 56.7. The van der Waals surface area contributed by atoms with E-state index in [1.54, 1.807) is 28.9 Å². The summed E-state index contributed by atoms with van der Waals surface area (Å²) >= 11 is 0. The number of anilines is 3. The minimum absolute atomic E-state index is 0.0239. The Kier molecular flexibility index (Phi) is 9.01. The molecule has 3 amide bonds. The van der Waals surface area contributed by atoms with Crippen LogP contribution in [0, 0.1) is 16.0 Å². The molecule has 3 aliphatic rings. The monoisotopic (exact) mass is 686 g/mol. The Morgan fingerprint density at radius 2 is 1.71 bits per heavy atom. The lowest BCUT2D eigenvalue weighted by molar-refractivity contribution is -0.385. The molecule has 0 saturated heterocycles. The molecule has 51 heavy (non-hydrogen) atoms. The first-order valence-corrected chi connectivity index (χ1v) is 17.1. The van der Waals surface area contributed by atoms with E-state index >= 15 is 0 Å². The Balaban J connectivity index is 1.14. The predicted octanol–water partition coefficient (Wildman–Crippen LogP) is 5.47. The number of nitro groups is 1. The van der Waals surface area contributed by atoms with E-state index in [4.69, 9.17) is 0 Å². The number of aliphatic hydroxyl groups excluding tert-OH is 1. The van der Waals surface area contributed by atoms with Gasteiger partial charge in [-0.15, -0.1) is 0 Å². The molecule has 0 unspecified atom stereocenters. The molecule has 3 heterocycles. The summed E-state index contributed by atoms with van der Waals surface area (Å²) in [6.07, 6.45) is 4.74. The number of hydrogen-bond acceptors (Lipinski definition) is 7. The zero-order chi connectivity index (χ0) is 35.9. The molecule has 0 aromatic heterocycles. The number of amides is 3. The Bertz CT molecular complexity index is 2080. The number of non-ortho nitro benzene ring substituents is 1. The van der Waals surface area contributed by atoms with Gasteiger partial charge in [-0.1, -0.05) is 73.7 Å². The van der Waals surface area contributed by atoms with Crippen LogP contribution in [0.25, 0.3) is 0 Å². The van der Waals surface area contributed by atoms with E-state index in [1.807, 2.05) is 72.8 Å². The molecule has 4 aromatic carbocycles. The van der Waals surface area contributed by atoms with Crippen LogP contribution in [0.5, 0.6) is 0 Å². The summed E-state index contributed by atoms with van der Waals surface area (Å²) in [5, 5.41) is 34.0. The topological polar surface area (TPSA) is 145 Å². The molecule has 2 N–H and O–H groups in total. The second-order valence-electron chi connectivity index (χ2n) is 13.4. The third-order valence-electron chi connectivity index (χ3n) is 10.3. The van der Waals surface area contributed by atoms with Crippen molar-refractivity contribution >= 4 is 40.5 Å². The highest BCUT2D eigenvalue weighted by atomic mass is 16.6. The van der Waals surface area contributed by atoms with Crippen LogP contribution in [0.2, 0.25) is 0 Å². The summed E-state index contributed by atoms with van der Waals surface area (Å²) in [6, 6.07) is 26.5. The number of carbonyl (C=O) groups excluding carboxylic acids is 3. The molecule has 0 aliphatic carbocycles. The van der Waals surface area contributed by atoms with E-state index in [0.29, 0.717) is 42.7 Å². The number of aliphatic hydroxyl groups is 2. The SMILES string of the molecule is C[C@@H](/C=C/CC(=O)N1Cc2ccccc2C[C@H]1CO)[C@]1(O)C(=O)N(Cc2cccc(N3C(=O)CCc4ccccc43)c2)c2ccc([N+](=O)[O-])cc21. The normalized spacial score (nSPS) is 20.3. The number of benzene rings is 4. The maximum atomic E-state index is 14.3. The molecule has 7 rings (SSSR count). The Morgan fingerprint density at radius 3 is 2.47 bits per heavy atom. The van der Waals surface area contributed by atoms with E-state index in [2.05, 4.69) is 0 Å². The average molecular weight is 687 g/mol. The van der Waals surface area contributed by atoms with Crippen molar-refractivity contribution < 1.29 is 29.5 Å². The molecule has 3 atom stereocenters. The van der Waals surface area contributed by atoms with E-state index in [0.717, 1.165) is 22.4 Å². The number of para-hydroxylation sites is 1. The molecular formula is C40H38N4O7. The standard InChI is InChI=1S/C40H38N4O7/c1-26(8-6-15-37(46)41-24-30-12-3-2-11-29(30)21-33(41)25-45)40(49)34-22-32(44(50)51)17-18-36(34)42(39(40)48)23-27-9-7-13-31(20-27)43-35-14-5-4-10-28(35)16-19-38(43)47/h2-14,17-18,20,22,26,33,45,49H,15-16,19,21,23-25H2,1H3/b8-6+/t26-,33-,40+/m0/s1. The third kappa shape index (κ3) is 6.08. The zero-order valence-corrected chi connectivity index (χ0v) is 28.1.